The number of carbonyl (C=O) groups excluding carboxylic acids is 1. The van der Waals surface area contributed by atoms with Crippen LogP contribution in [0.15, 0.2) is 93.6 Å². The molecular formula is C21H19BrN4O3S. The van der Waals surface area contributed by atoms with Crippen LogP contribution in [0.4, 0.5) is 0 Å². The van der Waals surface area contributed by atoms with Crippen molar-refractivity contribution >= 4 is 38.1 Å². The summed E-state index contributed by atoms with van der Waals surface area (Å²) in [5.74, 6) is -0.545. The molecule has 7 nitrogen and oxygen atoms in total. The second kappa shape index (κ2) is 10.2. The van der Waals surface area contributed by atoms with Crippen LogP contribution in [-0.2, 0) is 21.4 Å². The average Bonchev–Trinajstić information content (AvgIpc) is 2.75. The number of aromatic nitrogens is 1. The molecule has 0 fully saturated rings. The molecule has 0 saturated carbocycles. The minimum atomic E-state index is -3.90. The van der Waals surface area contributed by atoms with E-state index in [1.807, 2.05) is 30.3 Å². The number of amides is 1. The Hall–Kier alpha value is -2.88. The number of sulfonamides is 1. The highest BCUT2D eigenvalue weighted by Gasteiger charge is 2.26. The van der Waals surface area contributed by atoms with Gasteiger partial charge in [-0.05, 0) is 47.5 Å². The zero-order chi connectivity index (χ0) is 21.4. The van der Waals surface area contributed by atoms with Gasteiger partial charge in [0.15, 0.2) is 0 Å². The van der Waals surface area contributed by atoms with E-state index in [1.54, 1.807) is 36.7 Å². The van der Waals surface area contributed by atoms with Crippen molar-refractivity contribution in [3.8, 4) is 0 Å². The van der Waals surface area contributed by atoms with E-state index in [2.05, 4.69) is 31.4 Å². The Balaban J connectivity index is 1.77. The number of nitrogens with one attached hydrogen (secondary N) is 1. The van der Waals surface area contributed by atoms with E-state index in [0.717, 1.165) is 19.9 Å². The molecular weight excluding hydrogens is 468 g/mol. The third kappa shape index (κ3) is 6.06. The smallest absolute Gasteiger partial charge is 0.255 e. The topological polar surface area (TPSA) is 91.7 Å². The van der Waals surface area contributed by atoms with Gasteiger partial charge in [-0.3, -0.25) is 9.78 Å². The van der Waals surface area contributed by atoms with Gasteiger partial charge in [-0.1, -0.05) is 46.3 Å². The zero-order valence-corrected chi connectivity index (χ0v) is 18.3. The van der Waals surface area contributed by atoms with Crippen LogP contribution in [-0.4, -0.2) is 36.4 Å². The lowest BCUT2D eigenvalue weighted by Gasteiger charge is -2.21. The van der Waals surface area contributed by atoms with Crippen molar-refractivity contribution in [2.24, 2.45) is 5.10 Å². The number of hydrogen-bond donors (Lipinski definition) is 1. The first-order valence-corrected chi connectivity index (χ1v) is 11.2. The summed E-state index contributed by atoms with van der Waals surface area (Å²) in [4.78, 5) is 16.4. The molecule has 0 radical (unpaired) electrons. The van der Waals surface area contributed by atoms with E-state index in [1.165, 1.54) is 18.3 Å². The molecule has 0 bridgehead atoms. The highest BCUT2D eigenvalue weighted by molar-refractivity contribution is 9.10. The van der Waals surface area contributed by atoms with Gasteiger partial charge in [0.2, 0.25) is 10.0 Å². The van der Waals surface area contributed by atoms with Crippen molar-refractivity contribution in [1.82, 2.24) is 14.7 Å². The fraction of sp³-hybridized carbons (Fsp3) is 0.0952. The molecule has 2 aromatic carbocycles. The fourth-order valence-electron chi connectivity index (χ4n) is 2.59. The number of hydrogen-bond acceptors (Lipinski definition) is 5. The maximum absolute atomic E-state index is 13.2. The minimum Gasteiger partial charge on any atom is -0.272 e. The lowest BCUT2D eigenvalue weighted by molar-refractivity contribution is -0.121. The van der Waals surface area contributed by atoms with Crippen molar-refractivity contribution < 1.29 is 13.2 Å². The van der Waals surface area contributed by atoms with Crippen molar-refractivity contribution in [1.29, 1.82) is 0 Å². The second-order valence-corrected chi connectivity index (χ2v) is 9.14. The number of benzene rings is 2. The molecule has 0 aliphatic carbocycles. The molecule has 3 aromatic rings. The van der Waals surface area contributed by atoms with Crippen LogP contribution in [0.5, 0.6) is 0 Å². The quantitative estimate of drug-likeness (QED) is 0.390. The molecule has 0 atom stereocenters. The van der Waals surface area contributed by atoms with E-state index in [9.17, 15) is 13.2 Å². The fourth-order valence-corrected chi connectivity index (χ4v) is 4.24. The summed E-state index contributed by atoms with van der Waals surface area (Å²) in [6.07, 6.45) is 4.68. The molecule has 1 aromatic heterocycles. The Morgan fingerprint density at radius 2 is 1.70 bits per heavy atom. The zero-order valence-electron chi connectivity index (χ0n) is 15.8. The maximum Gasteiger partial charge on any atom is 0.255 e. The molecule has 0 aliphatic rings. The summed E-state index contributed by atoms with van der Waals surface area (Å²) >= 11 is 3.30. The van der Waals surface area contributed by atoms with Crippen molar-refractivity contribution in [2.45, 2.75) is 11.4 Å². The highest BCUT2D eigenvalue weighted by atomic mass is 79.9. The van der Waals surface area contributed by atoms with Gasteiger partial charge in [0, 0.05) is 23.4 Å². The number of pyridine rings is 1. The van der Waals surface area contributed by atoms with Gasteiger partial charge >= 0.3 is 0 Å². The molecule has 0 aliphatic heterocycles. The minimum absolute atomic E-state index is 0.0563. The third-order valence-corrected chi connectivity index (χ3v) is 6.42. The number of nitrogens with zero attached hydrogens (tertiary/aromatic N) is 3. The first-order chi connectivity index (χ1) is 14.4. The number of rotatable bonds is 8. The van der Waals surface area contributed by atoms with Crippen molar-refractivity contribution in [3.63, 3.8) is 0 Å². The van der Waals surface area contributed by atoms with Crippen LogP contribution in [0.3, 0.4) is 0 Å². The van der Waals surface area contributed by atoms with Gasteiger partial charge in [0.25, 0.3) is 5.91 Å². The first-order valence-electron chi connectivity index (χ1n) is 8.97. The molecule has 0 saturated heterocycles. The largest absolute Gasteiger partial charge is 0.272 e. The molecule has 1 N–H and O–H groups in total. The Labute approximate surface area is 183 Å². The van der Waals surface area contributed by atoms with Gasteiger partial charge in [0.1, 0.15) is 0 Å². The summed E-state index contributed by atoms with van der Waals surface area (Å²) in [7, 11) is -3.90. The summed E-state index contributed by atoms with van der Waals surface area (Å²) < 4.78 is 28.2. The molecule has 30 heavy (non-hydrogen) atoms. The normalized spacial score (nSPS) is 11.7. The Morgan fingerprint density at radius 3 is 2.37 bits per heavy atom. The summed E-state index contributed by atoms with van der Waals surface area (Å²) in [6, 6.07) is 18.8. The van der Waals surface area contributed by atoms with Gasteiger partial charge in [-0.15, -0.1) is 0 Å². The number of carbonyl (C=O) groups is 1. The molecule has 0 unspecified atom stereocenters. The highest BCUT2D eigenvalue weighted by Crippen LogP contribution is 2.20. The molecule has 1 heterocycles. The van der Waals surface area contributed by atoms with Crippen LogP contribution in [0.2, 0.25) is 0 Å². The Morgan fingerprint density at radius 1 is 1.03 bits per heavy atom. The second-order valence-electron chi connectivity index (χ2n) is 6.29. The van der Waals surface area contributed by atoms with E-state index < -0.39 is 15.9 Å². The van der Waals surface area contributed by atoms with E-state index in [0.29, 0.717) is 0 Å². The Kier molecular flexibility index (Phi) is 7.45. The predicted octanol–water partition coefficient (Wildman–Crippen LogP) is 3.19. The molecule has 9 heteroatoms. The predicted molar refractivity (Wildman–Crippen MR) is 118 cm³/mol. The molecule has 3 rings (SSSR count). The van der Waals surface area contributed by atoms with Crippen LogP contribution in [0.1, 0.15) is 11.1 Å². The molecule has 1 amide bonds. The van der Waals surface area contributed by atoms with E-state index in [4.69, 9.17) is 0 Å². The molecule has 154 valence electrons. The summed E-state index contributed by atoms with van der Waals surface area (Å²) in [6.45, 7) is -0.318. The van der Waals surface area contributed by atoms with Crippen molar-refractivity contribution in [2.75, 3.05) is 6.54 Å². The average molecular weight is 487 g/mol. The summed E-state index contributed by atoms with van der Waals surface area (Å²) in [5.41, 5.74) is 3.90. The van der Waals surface area contributed by atoms with Crippen LogP contribution in [0.25, 0.3) is 0 Å². The molecule has 0 spiro atoms. The maximum atomic E-state index is 13.2. The monoisotopic (exact) mass is 486 g/mol. The van der Waals surface area contributed by atoms with Crippen LogP contribution in [0, 0.1) is 0 Å². The third-order valence-electron chi connectivity index (χ3n) is 4.08. The van der Waals surface area contributed by atoms with Crippen LogP contribution < -0.4 is 5.43 Å². The van der Waals surface area contributed by atoms with Gasteiger partial charge < -0.3 is 0 Å². The number of halogens is 1. The lowest BCUT2D eigenvalue weighted by Crippen LogP contribution is -2.39. The van der Waals surface area contributed by atoms with Gasteiger partial charge in [-0.25, -0.2) is 13.8 Å². The number of hydrazone groups is 1. The van der Waals surface area contributed by atoms with Gasteiger partial charge in [-0.2, -0.15) is 9.41 Å². The SMILES string of the molecule is O=C(CN(Cc1ccccc1)S(=O)(=O)c1ccc(Br)cc1)N/N=C\c1ccncc1. The standard InChI is InChI=1S/C21H19BrN4O3S/c22-19-6-8-20(9-7-19)30(28,29)26(15-18-4-2-1-3-5-18)16-21(27)25-24-14-17-10-12-23-13-11-17/h1-14H,15-16H2,(H,25,27)/b24-14-. The lowest BCUT2D eigenvalue weighted by atomic mass is 10.2. The Bertz CT molecular complexity index is 1110. The van der Waals surface area contributed by atoms with E-state index >= 15 is 0 Å². The summed E-state index contributed by atoms with van der Waals surface area (Å²) in [5, 5.41) is 3.89. The van der Waals surface area contributed by atoms with E-state index in [-0.39, 0.29) is 18.0 Å². The van der Waals surface area contributed by atoms with Gasteiger partial charge in [0.05, 0.1) is 17.7 Å². The van der Waals surface area contributed by atoms with Crippen LogP contribution >= 0.6 is 15.9 Å². The first kappa shape index (κ1) is 21.8. The van der Waals surface area contributed by atoms with Crippen molar-refractivity contribution in [3.05, 3.63) is 94.7 Å².